The van der Waals surface area contributed by atoms with Gasteiger partial charge in [0.25, 0.3) is 0 Å². The van der Waals surface area contributed by atoms with E-state index in [1.807, 2.05) is 12.1 Å². The zero-order chi connectivity index (χ0) is 29.7. The minimum Gasteiger partial charge on any atom is -0.370 e. The van der Waals surface area contributed by atoms with E-state index >= 15 is 4.39 Å². The van der Waals surface area contributed by atoms with E-state index < -0.39 is 23.2 Å². The largest absolute Gasteiger partial charge is 0.419 e. The monoisotopic (exact) mass is 572 g/mol. The van der Waals surface area contributed by atoms with Crippen LogP contribution in [0.25, 0.3) is 28.0 Å². The summed E-state index contributed by atoms with van der Waals surface area (Å²) in [4.78, 5) is 23.6. The van der Waals surface area contributed by atoms with E-state index in [1.165, 1.54) is 22.9 Å². The number of hydrogen-bond acceptors (Lipinski definition) is 5. The third kappa shape index (κ3) is 7.30. The van der Waals surface area contributed by atoms with Crippen LogP contribution in [-0.4, -0.2) is 40.1 Å². The van der Waals surface area contributed by atoms with E-state index in [2.05, 4.69) is 20.3 Å². The number of aromatic amines is 1. The van der Waals surface area contributed by atoms with Gasteiger partial charge >= 0.3 is 11.9 Å². The average Bonchev–Trinajstić information content (AvgIpc) is 3.33. The SMILES string of the molecule is CC(CN)Cc1cc(-c2cc3cn(-c4ccc(CNCCCN=C(N)N)cc4)c(=O)nc3[nH]2)c(F)c(C(F)(F)F)c1. The van der Waals surface area contributed by atoms with Gasteiger partial charge in [-0.3, -0.25) is 9.56 Å². The number of alkyl halides is 3. The first-order valence-corrected chi connectivity index (χ1v) is 13.0. The quantitative estimate of drug-likeness (QED) is 0.0804. The zero-order valence-corrected chi connectivity index (χ0v) is 22.4. The number of nitrogens with two attached hydrogens (primary N) is 3. The number of aliphatic imine (C=N–C) groups is 1. The third-order valence-corrected chi connectivity index (χ3v) is 6.57. The molecule has 2 aromatic heterocycles. The van der Waals surface area contributed by atoms with E-state index in [0.29, 0.717) is 36.3 Å². The van der Waals surface area contributed by atoms with Crippen molar-refractivity contribution in [3.63, 3.8) is 0 Å². The minimum atomic E-state index is -4.88. The molecule has 1 unspecified atom stereocenters. The van der Waals surface area contributed by atoms with Crippen LogP contribution in [0.4, 0.5) is 17.6 Å². The summed E-state index contributed by atoms with van der Waals surface area (Å²) in [6.45, 7) is 3.92. The average molecular weight is 573 g/mol. The van der Waals surface area contributed by atoms with Crippen LogP contribution in [0, 0.1) is 11.7 Å². The van der Waals surface area contributed by atoms with Crippen molar-refractivity contribution >= 4 is 17.0 Å². The molecule has 0 spiro atoms. The summed E-state index contributed by atoms with van der Waals surface area (Å²) in [6.07, 6.45) is -2.34. The molecule has 2 heterocycles. The van der Waals surface area contributed by atoms with Crippen LogP contribution in [0.5, 0.6) is 0 Å². The normalized spacial score (nSPS) is 12.5. The molecule has 4 aromatic rings. The second kappa shape index (κ2) is 12.5. The first-order chi connectivity index (χ1) is 19.5. The maximum atomic E-state index is 15.2. The molecule has 8 N–H and O–H groups in total. The predicted octanol–water partition coefficient (Wildman–Crippen LogP) is 3.43. The van der Waals surface area contributed by atoms with E-state index in [4.69, 9.17) is 17.2 Å². The molecule has 0 aliphatic rings. The highest BCUT2D eigenvalue weighted by molar-refractivity contribution is 5.83. The van der Waals surface area contributed by atoms with Gasteiger partial charge in [0.2, 0.25) is 0 Å². The van der Waals surface area contributed by atoms with E-state index in [9.17, 15) is 18.0 Å². The van der Waals surface area contributed by atoms with Crippen molar-refractivity contribution in [2.24, 2.45) is 28.1 Å². The number of guanidine groups is 1. The number of nitrogens with zero attached hydrogens (tertiary/aromatic N) is 3. The Labute approximate surface area is 233 Å². The number of rotatable bonds is 11. The van der Waals surface area contributed by atoms with Crippen LogP contribution in [0.1, 0.15) is 30.0 Å². The van der Waals surface area contributed by atoms with Gasteiger partial charge in [0, 0.05) is 30.2 Å². The molecule has 1 atom stereocenters. The molecule has 4 rings (SSSR count). The second-order valence-electron chi connectivity index (χ2n) is 9.93. The summed E-state index contributed by atoms with van der Waals surface area (Å²) in [5.41, 5.74) is 16.1. The first kappa shape index (κ1) is 29.7. The van der Waals surface area contributed by atoms with Crippen LogP contribution in [0.2, 0.25) is 0 Å². The Morgan fingerprint density at radius 3 is 2.54 bits per heavy atom. The predicted molar refractivity (Wildman–Crippen MR) is 151 cm³/mol. The molecule has 0 aliphatic carbocycles. The van der Waals surface area contributed by atoms with Gasteiger partial charge in [-0.25, -0.2) is 9.18 Å². The Hall–Kier alpha value is -4.23. The summed E-state index contributed by atoms with van der Waals surface area (Å²) >= 11 is 0. The maximum Gasteiger partial charge on any atom is 0.419 e. The lowest BCUT2D eigenvalue weighted by Gasteiger charge is -2.15. The van der Waals surface area contributed by atoms with Gasteiger partial charge in [0.05, 0.1) is 16.9 Å². The van der Waals surface area contributed by atoms with Gasteiger partial charge < -0.3 is 27.5 Å². The fourth-order valence-corrected chi connectivity index (χ4v) is 4.43. The highest BCUT2D eigenvalue weighted by atomic mass is 19.4. The zero-order valence-electron chi connectivity index (χ0n) is 22.4. The Balaban J connectivity index is 1.60. The van der Waals surface area contributed by atoms with Crippen LogP contribution >= 0.6 is 0 Å². The summed E-state index contributed by atoms with van der Waals surface area (Å²) in [5, 5.41) is 3.71. The number of fused-ring (bicyclic) bond motifs is 1. The van der Waals surface area contributed by atoms with E-state index in [-0.39, 0.29) is 41.7 Å². The van der Waals surface area contributed by atoms with Crippen LogP contribution < -0.4 is 28.2 Å². The summed E-state index contributed by atoms with van der Waals surface area (Å²) in [6, 6.07) is 10.9. The fourth-order valence-electron chi connectivity index (χ4n) is 4.43. The van der Waals surface area contributed by atoms with Gasteiger partial charge in [0.1, 0.15) is 11.5 Å². The van der Waals surface area contributed by atoms with Gasteiger partial charge in [-0.05, 0) is 73.3 Å². The number of H-pyrrole nitrogens is 1. The van der Waals surface area contributed by atoms with Crippen molar-refractivity contribution in [2.45, 2.75) is 32.5 Å². The van der Waals surface area contributed by atoms with Crippen molar-refractivity contribution in [1.29, 1.82) is 0 Å². The number of benzene rings is 2. The lowest BCUT2D eigenvalue weighted by atomic mass is 9.95. The van der Waals surface area contributed by atoms with Crippen molar-refractivity contribution in [3.05, 3.63) is 81.7 Å². The molecule has 0 amide bonds. The maximum absolute atomic E-state index is 15.2. The molecule has 0 aliphatic heterocycles. The molecule has 9 nitrogen and oxygen atoms in total. The Kier molecular flexibility index (Phi) is 9.08. The third-order valence-electron chi connectivity index (χ3n) is 6.57. The Bertz CT molecular complexity index is 1590. The topological polar surface area (TPSA) is 153 Å². The van der Waals surface area contributed by atoms with Gasteiger partial charge in [-0.15, -0.1) is 0 Å². The molecule has 0 radical (unpaired) electrons. The minimum absolute atomic E-state index is 0.0596. The Morgan fingerprint density at radius 2 is 1.88 bits per heavy atom. The molecule has 0 fully saturated rings. The number of hydrogen-bond donors (Lipinski definition) is 5. The molecule has 0 saturated carbocycles. The molecule has 41 heavy (non-hydrogen) atoms. The lowest BCUT2D eigenvalue weighted by molar-refractivity contribution is -0.140. The smallest absolute Gasteiger partial charge is 0.370 e. The standard InChI is InChI=1S/C28H32F4N8O/c1-16(13-33)9-18-10-21(24(29)22(11-18)28(30,31)32)23-12-19-15-40(27(41)39-25(19)38-23)20-5-3-17(4-6-20)14-36-7-2-8-37-26(34)35/h3-6,10-12,15-16,36H,2,7-9,13-14,33H2,1H3,(H4,34,35,37)(H,38,39,41). The molecule has 0 saturated heterocycles. The number of nitrogens with one attached hydrogen (secondary N) is 2. The molecule has 13 heteroatoms. The second-order valence-corrected chi connectivity index (χ2v) is 9.93. The van der Waals surface area contributed by atoms with Crippen LogP contribution in [-0.2, 0) is 19.1 Å². The molecule has 218 valence electrons. The summed E-state index contributed by atoms with van der Waals surface area (Å²) < 4.78 is 57.5. The van der Waals surface area contributed by atoms with Crippen molar-refractivity contribution < 1.29 is 17.6 Å². The molecule has 0 bridgehead atoms. The highest BCUT2D eigenvalue weighted by Crippen LogP contribution is 2.37. The van der Waals surface area contributed by atoms with Gasteiger partial charge in [0.15, 0.2) is 5.96 Å². The van der Waals surface area contributed by atoms with E-state index in [0.717, 1.165) is 18.1 Å². The highest BCUT2D eigenvalue weighted by Gasteiger charge is 2.36. The van der Waals surface area contributed by atoms with Crippen LogP contribution in [0.15, 0.2) is 58.4 Å². The summed E-state index contributed by atoms with van der Waals surface area (Å²) in [7, 11) is 0. The van der Waals surface area contributed by atoms with E-state index in [1.54, 1.807) is 19.1 Å². The fraction of sp³-hybridized carbons (Fsp3) is 0.321. The lowest BCUT2D eigenvalue weighted by Crippen LogP contribution is -2.23. The van der Waals surface area contributed by atoms with Crippen molar-refractivity contribution in [3.8, 4) is 16.9 Å². The Morgan fingerprint density at radius 1 is 1.15 bits per heavy atom. The van der Waals surface area contributed by atoms with Crippen molar-refractivity contribution in [2.75, 3.05) is 19.6 Å². The molecule has 2 aromatic carbocycles. The number of aromatic nitrogens is 3. The summed E-state index contributed by atoms with van der Waals surface area (Å²) in [5.74, 6) is -1.44. The molecular formula is C28H32F4N8O. The van der Waals surface area contributed by atoms with Crippen LogP contribution in [0.3, 0.4) is 0 Å². The van der Waals surface area contributed by atoms with Crippen molar-refractivity contribution in [1.82, 2.24) is 19.9 Å². The number of halogens is 4. The van der Waals surface area contributed by atoms with Gasteiger partial charge in [-0.1, -0.05) is 19.1 Å². The molecular weight excluding hydrogens is 540 g/mol. The van der Waals surface area contributed by atoms with Gasteiger partial charge in [-0.2, -0.15) is 18.2 Å². The first-order valence-electron chi connectivity index (χ1n) is 13.0.